The molecule has 11 nitrogen and oxygen atoms in total. The second kappa shape index (κ2) is 8.26. The van der Waals surface area contributed by atoms with E-state index in [2.05, 4.69) is 32.9 Å². The van der Waals surface area contributed by atoms with E-state index in [0.29, 0.717) is 36.1 Å². The van der Waals surface area contributed by atoms with Crippen LogP contribution in [0.25, 0.3) is 5.69 Å². The zero-order chi connectivity index (χ0) is 24.3. The zero-order valence-corrected chi connectivity index (χ0v) is 19.4. The van der Waals surface area contributed by atoms with Crippen molar-refractivity contribution in [3.8, 4) is 5.69 Å². The Bertz CT molecular complexity index is 1240. The van der Waals surface area contributed by atoms with Gasteiger partial charge in [-0.05, 0) is 55.8 Å². The molecule has 182 valence electrons. The molecular weight excluding hydrogens is 450 g/mol. The molecule has 4 aliphatic rings. The summed E-state index contributed by atoms with van der Waals surface area (Å²) in [5, 5.41) is 13.6. The number of amides is 4. The van der Waals surface area contributed by atoms with Crippen LogP contribution in [0.3, 0.4) is 0 Å². The molecule has 6 rings (SSSR count). The standard InChI is InChI=1S/C24H27N7O4/c1-29-9-13-3-5-18(17(13)11-29)25-22(33)19-12-31(28-27-19)15-4-2-14-10-30(24(35)16(14)8-15)20-6-7-21(32)26-23(20)34/h2,4,8,12-13,17-18,20H,3,5-7,9-11H2,1H3,(H,25,33)(H,26,32,34). The molecule has 4 heterocycles. The van der Waals surface area contributed by atoms with Crippen molar-refractivity contribution in [2.45, 2.75) is 44.3 Å². The van der Waals surface area contributed by atoms with E-state index in [-0.39, 0.29) is 35.9 Å². The molecule has 3 fully saturated rings. The molecule has 2 saturated heterocycles. The fraction of sp³-hybridized carbons (Fsp3) is 0.500. The molecule has 0 radical (unpaired) electrons. The molecule has 4 amide bonds. The summed E-state index contributed by atoms with van der Waals surface area (Å²) in [5.41, 5.74) is 2.12. The number of benzene rings is 1. The number of fused-ring (bicyclic) bond motifs is 2. The second-order valence-electron chi connectivity index (χ2n) is 10.1. The average Bonchev–Trinajstić information content (AvgIpc) is 3.59. The third kappa shape index (κ3) is 3.79. The Hall–Kier alpha value is -3.60. The Morgan fingerprint density at radius 2 is 2.00 bits per heavy atom. The molecule has 11 heteroatoms. The van der Waals surface area contributed by atoms with Crippen LogP contribution < -0.4 is 10.6 Å². The second-order valence-corrected chi connectivity index (χ2v) is 10.1. The van der Waals surface area contributed by atoms with Crippen molar-refractivity contribution in [3.05, 3.63) is 41.2 Å². The van der Waals surface area contributed by atoms with E-state index >= 15 is 0 Å². The summed E-state index contributed by atoms with van der Waals surface area (Å²) >= 11 is 0. The topological polar surface area (TPSA) is 130 Å². The van der Waals surface area contributed by atoms with Crippen LogP contribution in [0, 0.1) is 11.8 Å². The Balaban J connectivity index is 1.16. The Labute approximate surface area is 201 Å². The van der Waals surface area contributed by atoms with Crippen LogP contribution in [0.5, 0.6) is 0 Å². The first kappa shape index (κ1) is 21.9. The highest BCUT2D eigenvalue weighted by atomic mass is 16.2. The molecular formula is C24H27N7O4. The molecule has 0 bridgehead atoms. The Morgan fingerprint density at radius 3 is 2.83 bits per heavy atom. The van der Waals surface area contributed by atoms with E-state index in [4.69, 9.17) is 0 Å². The van der Waals surface area contributed by atoms with E-state index in [1.165, 1.54) is 9.58 Å². The zero-order valence-electron chi connectivity index (χ0n) is 19.4. The monoisotopic (exact) mass is 477 g/mol. The molecule has 4 unspecified atom stereocenters. The summed E-state index contributed by atoms with van der Waals surface area (Å²) in [6, 6.07) is 4.83. The summed E-state index contributed by atoms with van der Waals surface area (Å²) in [4.78, 5) is 53.5. The number of hydrogen-bond acceptors (Lipinski definition) is 7. The van der Waals surface area contributed by atoms with E-state index in [9.17, 15) is 19.2 Å². The number of carbonyl (C=O) groups excluding carboxylic acids is 4. The lowest BCUT2D eigenvalue weighted by Gasteiger charge is -2.29. The van der Waals surface area contributed by atoms with Crippen molar-refractivity contribution in [2.24, 2.45) is 11.8 Å². The number of carbonyl (C=O) groups is 4. The number of imide groups is 1. The first-order valence-electron chi connectivity index (χ1n) is 12.1. The van der Waals surface area contributed by atoms with E-state index in [1.54, 1.807) is 12.3 Å². The van der Waals surface area contributed by atoms with Gasteiger partial charge in [0.2, 0.25) is 11.8 Å². The van der Waals surface area contributed by atoms with Gasteiger partial charge in [0.1, 0.15) is 6.04 Å². The summed E-state index contributed by atoms with van der Waals surface area (Å²) in [6.07, 6.45) is 4.22. The van der Waals surface area contributed by atoms with Crippen LogP contribution in [0.1, 0.15) is 52.1 Å². The van der Waals surface area contributed by atoms with Crippen LogP contribution >= 0.6 is 0 Å². The van der Waals surface area contributed by atoms with Crippen LogP contribution in [0.2, 0.25) is 0 Å². The molecule has 0 spiro atoms. The van der Waals surface area contributed by atoms with Gasteiger partial charge in [-0.15, -0.1) is 5.10 Å². The maximum absolute atomic E-state index is 13.1. The minimum Gasteiger partial charge on any atom is -0.348 e. The first-order valence-corrected chi connectivity index (χ1v) is 12.1. The Kier molecular flexibility index (Phi) is 5.17. The van der Waals surface area contributed by atoms with Gasteiger partial charge in [0, 0.05) is 37.7 Å². The van der Waals surface area contributed by atoms with Crippen molar-refractivity contribution < 1.29 is 19.2 Å². The van der Waals surface area contributed by atoms with Gasteiger partial charge >= 0.3 is 0 Å². The van der Waals surface area contributed by atoms with Crippen molar-refractivity contribution >= 4 is 23.6 Å². The lowest BCUT2D eigenvalue weighted by atomic mass is 9.98. The quantitative estimate of drug-likeness (QED) is 0.598. The number of nitrogens with one attached hydrogen (secondary N) is 2. The minimum atomic E-state index is -0.660. The van der Waals surface area contributed by atoms with Crippen LogP contribution in [-0.2, 0) is 16.1 Å². The highest BCUT2D eigenvalue weighted by molar-refractivity contribution is 6.05. The molecule has 1 aromatic carbocycles. The number of rotatable bonds is 4. The molecule has 35 heavy (non-hydrogen) atoms. The third-order valence-electron chi connectivity index (χ3n) is 7.86. The highest BCUT2D eigenvalue weighted by Gasteiger charge is 2.42. The first-order chi connectivity index (χ1) is 16.9. The van der Waals surface area contributed by atoms with Crippen molar-refractivity contribution in [2.75, 3.05) is 20.1 Å². The van der Waals surface area contributed by atoms with Crippen molar-refractivity contribution in [3.63, 3.8) is 0 Å². The largest absolute Gasteiger partial charge is 0.348 e. The van der Waals surface area contributed by atoms with Gasteiger partial charge in [0.15, 0.2) is 5.69 Å². The summed E-state index contributed by atoms with van der Waals surface area (Å²) in [6.45, 7) is 2.40. The minimum absolute atomic E-state index is 0.151. The average molecular weight is 478 g/mol. The molecule has 1 saturated carbocycles. The van der Waals surface area contributed by atoms with Gasteiger partial charge in [0.05, 0.1) is 11.9 Å². The maximum Gasteiger partial charge on any atom is 0.273 e. The van der Waals surface area contributed by atoms with Crippen molar-refractivity contribution in [1.82, 2.24) is 35.4 Å². The van der Waals surface area contributed by atoms with Gasteiger partial charge in [-0.25, -0.2) is 4.68 Å². The van der Waals surface area contributed by atoms with Crippen LogP contribution in [0.15, 0.2) is 24.4 Å². The van der Waals surface area contributed by atoms with Gasteiger partial charge < -0.3 is 15.1 Å². The predicted molar refractivity (Wildman–Crippen MR) is 122 cm³/mol. The SMILES string of the molecule is CN1CC2CCC(NC(=O)c3cn(-c4ccc5c(c4)C(=O)N(C4CCC(=O)NC4=O)C5)nn3)C2C1. The maximum atomic E-state index is 13.1. The number of likely N-dealkylation sites (tertiary alicyclic amines) is 1. The van der Waals surface area contributed by atoms with E-state index in [1.807, 2.05) is 12.1 Å². The van der Waals surface area contributed by atoms with Crippen LogP contribution in [0.4, 0.5) is 0 Å². The third-order valence-corrected chi connectivity index (χ3v) is 7.86. The van der Waals surface area contributed by atoms with Crippen LogP contribution in [-0.4, -0.2) is 80.6 Å². The lowest BCUT2D eigenvalue weighted by Crippen LogP contribution is -2.52. The number of piperidine rings is 1. The van der Waals surface area contributed by atoms with Gasteiger partial charge in [-0.1, -0.05) is 11.3 Å². The molecule has 4 atom stereocenters. The van der Waals surface area contributed by atoms with Gasteiger partial charge in [-0.3, -0.25) is 24.5 Å². The molecule has 2 N–H and O–H groups in total. The summed E-state index contributed by atoms with van der Waals surface area (Å²) < 4.78 is 1.48. The number of hydrogen-bond donors (Lipinski definition) is 2. The predicted octanol–water partition coefficient (Wildman–Crippen LogP) is 0.0983. The number of aromatic nitrogens is 3. The smallest absolute Gasteiger partial charge is 0.273 e. The van der Waals surface area contributed by atoms with Gasteiger partial charge in [-0.2, -0.15) is 0 Å². The molecule has 2 aromatic rings. The lowest BCUT2D eigenvalue weighted by molar-refractivity contribution is -0.136. The van der Waals surface area contributed by atoms with Crippen molar-refractivity contribution in [1.29, 1.82) is 0 Å². The molecule has 1 aliphatic carbocycles. The fourth-order valence-corrected chi connectivity index (χ4v) is 6.09. The van der Waals surface area contributed by atoms with E-state index in [0.717, 1.165) is 31.5 Å². The van der Waals surface area contributed by atoms with Gasteiger partial charge in [0.25, 0.3) is 11.8 Å². The summed E-state index contributed by atoms with van der Waals surface area (Å²) in [7, 11) is 2.12. The Morgan fingerprint density at radius 1 is 1.14 bits per heavy atom. The summed E-state index contributed by atoms with van der Waals surface area (Å²) in [5.74, 6) is -0.123. The fourth-order valence-electron chi connectivity index (χ4n) is 6.09. The number of nitrogens with zero attached hydrogens (tertiary/aromatic N) is 5. The molecule has 3 aliphatic heterocycles. The van der Waals surface area contributed by atoms with E-state index < -0.39 is 11.9 Å². The normalized spacial score (nSPS) is 28.3. The molecule has 1 aromatic heterocycles. The highest BCUT2D eigenvalue weighted by Crippen LogP contribution is 2.37.